The standard InChI is InChI=1S/C16H24O2/c1-16-8-6-12-10-11(7-9-17)2-3-13(12)14(16)4-5-15(16)18/h7,12-14,17H,2-6,8-10H2,1H3/t12-,13-,14+,16+/m1/s1. The third kappa shape index (κ3) is 1.77. The number of carbonyl (C=O) groups is 1. The number of aliphatic hydroxyl groups is 1. The minimum absolute atomic E-state index is 0.0133. The van der Waals surface area contributed by atoms with Crippen molar-refractivity contribution < 1.29 is 9.90 Å². The first-order valence-electron chi connectivity index (χ1n) is 7.47. The van der Waals surface area contributed by atoms with Gasteiger partial charge in [0.1, 0.15) is 5.78 Å². The van der Waals surface area contributed by atoms with E-state index in [1.54, 1.807) is 0 Å². The highest BCUT2D eigenvalue weighted by atomic mass is 16.2. The minimum atomic E-state index is 0.0133. The van der Waals surface area contributed by atoms with Crippen molar-refractivity contribution in [3.8, 4) is 0 Å². The van der Waals surface area contributed by atoms with Gasteiger partial charge in [-0.1, -0.05) is 18.6 Å². The first-order chi connectivity index (χ1) is 8.65. The summed E-state index contributed by atoms with van der Waals surface area (Å²) in [6.07, 6.45) is 9.83. The summed E-state index contributed by atoms with van der Waals surface area (Å²) >= 11 is 0. The van der Waals surface area contributed by atoms with Crippen molar-refractivity contribution in [1.29, 1.82) is 0 Å². The Labute approximate surface area is 109 Å². The van der Waals surface area contributed by atoms with E-state index in [0.717, 1.165) is 37.5 Å². The van der Waals surface area contributed by atoms with Crippen LogP contribution in [0, 0.1) is 23.2 Å². The number of aliphatic hydroxyl groups excluding tert-OH is 1. The van der Waals surface area contributed by atoms with E-state index in [1.807, 2.05) is 6.08 Å². The molecule has 2 heteroatoms. The largest absolute Gasteiger partial charge is 0.392 e. The van der Waals surface area contributed by atoms with Gasteiger partial charge in [0.05, 0.1) is 6.61 Å². The van der Waals surface area contributed by atoms with Crippen molar-refractivity contribution in [2.45, 2.75) is 51.9 Å². The first kappa shape index (κ1) is 12.4. The van der Waals surface area contributed by atoms with E-state index in [-0.39, 0.29) is 12.0 Å². The molecule has 0 aromatic carbocycles. The molecule has 0 radical (unpaired) electrons. The Morgan fingerprint density at radius 1 is 1.33 bits per heavy atom. The molecule has 0 aromatic rings. The Bertz CT molecular complexity index is 385. The zero-order valence-corrected chi connectivity index (χ0v) is 11.3. The molecule has 0 amide bonds. The molecule has 1 N–H and O–H groups in total. The van der Waals surface area contributed by atoms with E-state index >= 15 is 0 Å². The lowest BCUT2D eigenvalue weighted by atomic mass is 9.56. The predicted octanol–water partition coefficient (Wildman–Crippen LogP) is 3.10. The van der Waals surface area contributed by atoms with Gasteiger partial charge in [-0.2, -0.15) is 0 Å². The van der Waals surface area contributed by atoms with Crippen molar-refractivity contribution in [3.05, 3.63) is 11.6 Å². The molecule has 2 nitrogen and oxygen atoms in total. The lowest BCUT2D eigenvalue weighted by Crippen LogP contribution is -2.43. The molecule has 0 saturated heterocycles. The van der Waals surface area contributed by atoms with E-state index < -0.39 is 0 Å². The van der Waals surface area contributed by atoms with Crippen LogP contribution in [0.5, 0.6) is 0 Å². The SMILES string of the molecule is C[C@]12CC[C@@H]3CC(=CCO)CC[C@H]3[C@@H]1CCC2=O. The number of Topliss-reactive ketones (excluding diaryl/α,β-unsaturated/α-hetero) is 1. The molecule has 4 atom stereocenters. The molecule has 0 unspecified atom stereocenters. The molecule has 0 aromatic heterocycles. The van der Waals surface area contributed by atoms with Crippen LogP contribution in [0.1, 0.15) is 51.9 Å². The number of hydrogen-bond acceptors (Lipinski definition) is 2. The molecule has 3 rings (SSSR count). The number of carbonyl (C=O) groups excluding carboxylic acids is 1. The van der Waals surface area contributed by atoms with Gasteiger partial charge in [-0.3, -0.25) is 4.79 Å². The fourth-order valence-corrected chi connectivity index (χ4v) is 4.93. The van der Waals surface area contributed by atoms with Crippen LogP contribution in [0.2, 0.25) is 0 Å². The Morgan fingerprint density at radius 3 is 2.94 bits per heavy atom. The summed E-state index contributed by atoms with van der Waals surface area (Å²) in [6.45, 7) is 2.41. The maximum absolute atomic E-state index is 12.1. The van der Waals surface area contributed by atoms with E-state index in [2.05, 4.69) is 6.92 Å². The average molecular weight is 248 g/mol. The summed E-state index contributed by atoms with van der Waals surface area (Å²) in [7, 11) is 0. The molecule has 0 spiro atoms. The summed E-state index contributed by atoms with van der Waals surface area (Å²) in [6, 6.07) is 0. The van der Waals surface area contributed by atoms with Crippen LogP contribution in [-0.2, 0) is 4.79 Å². The second kappa shape index (κ2) is 4.48. The highest BCUT2D eigenvalue weighted by molar-refractivity contribution is 5.87. The van der Waals surface area contributed by atoms with Crippen LogP contribution in [0.3, 0.4) is 0 Å². The van der Waals surface area contributed by atoms with Gasteiger partial charge in [0.25, 0.3) is 0 Å². The predicted molar refractivity (Wildman–Crippen MR) is 71.1 cm³/mol. The smallest absolute Gasteiger partial charge is 0.139 e. The van der Waals surface area contributed by atoms with Gasteiger partial charge in [-0.15, -0.1) is 0 Å². The van der Waals surface area contributed by atoms with Crippen LogP contribution in [0.15, 0.2) is 11.6 Å². The van der Waals surface area contributed by atoms with Crippen molar-refractivity contribution in [1.82, 2.24) is 0 Å². The van der Waals surface area contributed by atoms with E-state index in [0.29, 0.717) is 11.7 Å². The van der Waals surface area contributed by atoms with E-state index in [4.69, 9.17) is 5.11 Å². The Morgan fingerprint density at radius 2 is 2.17 bits per heavy atom. The van der Waals surface area contributed by atoms with Gasteiger partial charge in [-0.05, 0) is 56.3 Å². The maximum Gasteiger partial charge on any atom is 0.139 e. The molecule has 3 aliphatic carbocycles. The maximum atomic E-state index is 12.1. The van der Waals surface area contributed by atoms with Gasteiger partial charge < -0.3 is 5.11 Å². The van der Waals surface area contributed by atoms with Crippen molar-refractivity contribution >= 4 is 5.78 Å². The molecule has 0 bridgehead atoms. The molecular formula is C16H24O2. The Balaban J connectivity index is 1.79. The van der Waals surface area contributed by atoms with Gasteiger partial charge >= 0.3 is 0 Å². The third-order valence-corrected chi connectivity index (χ3v) is 6.00. The quantitative estimate of drug-likeness (QED) is 0.724. The first-order valence-corrected chi connectivity index (χ1v) is 7.47. The van der Waals surface area contributed by atoms with Crippen molar-refractivity contribution in [2.24, 2.45) is 23.2 Å². The van der Waals surface area contributed by atoms with E-state index in [1.165, 1.54) is 24.8 Å². The summed E-state index contributed by atoms with van der Waals surface area (Å²) < 4.78 is 0. The molecule has 100 valence electrons. The average Bonchev–Trinajstić information content (AvgIpc) is 2.67. The molecule has 18 heavy (non-hydrogen) atoms. The summed E-state index contributed by atoms with van der Waals surface area (Å²) in [5.74, 6) is 2.73. The second-order valence-electron chi connectivity index (χ2n) is 6.74. The van der Waals surface area contributed by atoms with Crippen LogP contribution >= 0.6 is 0 Å². The van der Waals surface area contributed by atoms with Crippen molar-refractivity contribution in [2.75, 3.05) is 6.61 Å². The minimum Gasteiger partial charge on any atom is -0.392 e. The van der Waals surface area contributed by atoms with Gasteiger partial charge in [0.2, 0.25) is 0 Å². The van der Waals surface area contributed by atoms with Crippen LogP contribution in [0.4, 0.5) is 0 Å². The molecule has 0 aliphatic heterocycles. The van der Waals surface area contributed by atoms with E-state index in [9.17, 15) is 4.79 Å². The highest BCUT2D eigenvalue weighted by Gasteiger charge is 2.53. The van der Waals surface area contributed by atoms with Crippen LogP contribution < -0.4 is 0 Å². The third-order valence-electron chi connectivity index (χ3n) is 6.00. The van der Waals surface area contributed by atoms with Gasteiger partial charge in [0, 0.05) is 11.8 Å². The zero-order chi connectivity index (χ0) is 12.8. The molecule has 3 aliphatic rings. The number of hydrogen-bond donors (Lipinski definition) is 1. The highest BCUT2D eigenvalue weighted by Crippen LogP contribution is 2.58. The van der Waals surface area contributed by atoms with Crippen LogP contribution in [-0.4, -0.2) is 17.5 Å². The number of ketones is 1. The normalized spacial score (nSPS) is 46.0. The number of allylic oxidation sites excluding steroid dienone is 1. The number of rotatable bonds is 1. The van der Waals surface area contributed by atoms with Gasteiger partial charge in [-0.25, -0.2) is 0 Å². The Hall–Kier alpha value is -0.630. The lowest BCUT2D eigenvalue weighted by Gasteiger charge is -2.48. The summed E-state index contributed by atoms with van der Waals surface area (Å²) in [4.78, 5) is 12.1. The number of fused-ring (bicyclic) bond motifs is 3. The molecule has 0 heterocycles. The fraction of sp³-hybridized carbons (Fsp3) is 0.812. The van der Waals surface area contributed by atoms with Crippen molar-refractivity contribution in [3.63, 3.8) is 0 Å². The summed E-state index contributed by atoms with van der Waals surface area (Å²) in [5.41, 5.74) is 1.46. The lowest BCUT2D eigenvalue weighted by molar-refractivity contribution is -0.130. The molecule has 3 saturated carbocycles. The molecule has 3 fully saturated rings. The molecular weight excluding hydrogens is 224 g/mol. The van der Waals surface area contributed by atoms with Crippen LogP contribution in [0.25, 0.3) is 0 Å². The second-order valence-corrected chi connectivity index (χ2v) is 6.74. The Kier molecular flexibility index (Phi) is 3.09. The van der Waals surface area contributed by atoms with Gasteiger partial charge in [0.15, 0.2) is 0 Å². The monoisotopic (exact) mass is 248 g/mol. The zero-order valence-electron chi connectivity index (χ0n) is 11.3. The fourth-order valence-electron chi connectivity index (χ4n) is 4.93. The summed E-state index contributed by atoms with van der Waals surface area (Å²) in [5, 5.41) is 9.02. The topological polar surface area (TPSA) is 37.3 Å².